The van der Waals surface area contributed by atoms with E-state index in [0.717, 1.165) is 4.47 Å². The fourth-order valence-corrected chi connectivity index (χ4v) is 4.33. The van der Waals surface area contributed by atoms with Gasteiger partial charge in [0.25, 0.3) is 0 Å². The van der Waals surface area contributed by atoms with Crippen LogP contribution in [0.2, 0.25) is 0 Å². The van der Waals surface area contributed by atoms with Crippen LogP contribution in [0.25, 0.3) is 31.7 Å². The highest BCUT2D eigenvalue weighted by Gasteiger charge is 2.15. The van der Waals surface area contributed by atoms with Crippen LogP contribution in [0.4, 0.5) is 0 Å². The van der Waals surface area contributed by atoms with Gasteiger partial charge in [-0.05, 0) is 29.3 Å². The van der Waals surface area contributed by atoms with Crippen molar-refractivity contribution < 1.29 is 0 Å². The molecule has 22 heavy (non-hydrogen) atoms. The molecule has 0 saturated heterocycles. The van der Waals surface area contributed by atoms with Crippen LogP contribution in [0, 0.1) is 0 Å². The molecule has 1 aromatic heterocycles. The normalized spacial score (nSPS) is 11.0. The molecule has 0 aliphatic heterocycles. The van der Waals surface area contributed by atoms with Crippen LogP contribution in [-0.2, 0) is 0 Å². The van der Waals surface area contributed by atoms with Gasteiger partial charge in [-0.15, -0.1) is 11.3 Å². The monoisotopic (exact) mass is 364 g/mol. The quantitative estimate of drug-likeness (QED) is 0.359. The van der Waals surface area contributed by atoms with Gasteiger partial charge in [0.1, 0.15) is 0 Å². The molecule has 3 aromatic carbocycles. The lowest BCUT2D eigenvalue weighted by Crippen LogP contribution is -1.80. The van der Waals surface area contributed by atoms with E-state index in [1.54, 1.807) is 0 Å². The topological polar surface area (TPSA) is 0 Å². The van der Waals surface area contributed by atoms with Crippen molar-refractivity contribution in [2.24, 2.45) is 0 Å². The molecule has 0 N–H and O–H groups in total. The number of hydrogen-bond donors (Lipinski definition) is 0. The first kappa shape index (κ1) is 13.7. The van der Waals surface area contributed by atoms with Gasteiger partial charge >= 0.3 is 0 Å². The smallest absolute Gasteiger partial charge is 0.0433 e. The lowest BCUT2D eigenvalue weighted by Gasteiger charge is -2.05. The Bertz CT molecular complexity index is 924. The summed E-state index contributed by atoms with van der Waals surface area (Å²) in [5, 5.41) is 1.31. The van der Waals surface area contributed by atoms with Gasteiger partial charge in [0.15, 0.2) is 0 Å². The SMILES string of the molecule is Brc1ccc2sc(-c3ccccc3)c(-c3ccccc3)c2c1. The van der Waals surface area contributed by atoms with E-state index in [0.29, 0.717) is 0 Å². The molecule has 0 amide bonds. The Labute approximate surface area is 142 Å². The molecule has 1 heterocycles. The van der Waals surface area contributed by atoms with E-state index in [4.69, 9.17) is 0 Å². The van der Waals surface area contributed by atoms with Gasteiger partial charge in [0.05, 0.1) is 0 Å². The summed E-state index contributed by atoms with van der Waals surface area (Å²) in [7, 11) is 0. The Kier molecular flexibility index (Phi) is 3.57. The van der Waals surface area contributed by atoms with Crippen molar-refractivity contribution in [1.82, 2.24) is 0 Å². The van der Waals surface area contributed by atoms with Crippen LogP contribution < -0.4 is 0 Å². The fourth-order valence-electron chi connectivity index (χ4n) is 2.75. The lowest BCUT2D eigenvalue weighted by molar-refractivity contribution is 1.66. The Morgan fingerprint density at radius 1 is 0.682 bits per heavy atom. The standard InChI is InChI=1S/C20H13BrS/c21-16-11-12-18-17(13-16)19(14-7-3-1-4-8-14)20(22-18)15-9-5-2-6-10-15/h1-13H. The zero-order valence-corrected chi connectivity index (χ0v) is 14.2. The van der Waals surface area contributed by atoms with Crippen molar-refractivity contribution >= 4 is 37.4 Å². The minimum absolute atomic E-state index is 1.12. The summed E-state index contributed by atoms with van der Waals surface area (Å²) in [5.41, 5.74) is 3.87. The number of benzene rings is 3. The highest BCUT2D eigenvalue weighted by Crippen LogP contribution is 2.45. The summed E-state index contributed by atoms with van der Waals surface area (Å²) in [6.45, 7) is 0. The largest absolute Gasteiger partial charge is 0.135 e. The minimum Gasteiger partial charge on any atom is -0.135 e. The van der Waals surface area contributed by atoms with E-state index in [9.17, 15) is 0 Å². The van der Waals surface area contributed by atoms with Crippen molar-refractivity contribution in [3.8, 4) is 21.6 Å². The summed E-state index contributed by atoms with van der Waals surface area (Å²) in [5.74, 6) is 0. The summed E-state index contributed by atoms with van der Waals surface area (Å²) in [6, 6.07) is 27.8. The zero-order chi connectivity index (χ0) is 14.9. The first-order chi connectivity index (χ1) is 10.8. The van der Waals surface area contributed by atoms with Crippen molar-refractivity contribution in [1.29, 1.82) is 0 Å². The second-order valence-corrected chi connectivity index (χ2v) is 7.15. The van der Waals surface area contributed by atoms with Crippen molar-refractivity contribution in [2.75, 3.05) is 0 Å². The second kappa shape index (κ2) is 5.71. The van der Waals surface area contributed by atoms with E-state index in [2.05, 4.69) is 94.8 Å². The van der Waals surface area contributed by atoms with Crippen LogP contribution in [-0.4, -0.2) is 0 Å². The minimum atomic E-state index is 1.12. The summed E-state index contributed by atoms with van der Waals surface area (Å²) < 4.78 is 2.44. The molecule has 0 unspecified atom stereocenters. The van der Waals surface area contributed by atoms with Crippen LogP contribution in [0.3, 0.4) is 0 Å². The first-order valence-electron chi connectivity index (χ1n) is 7.16. The molecule has 0 aliphatic rings. The van der Waals surface area contributed by atoms with Crippen LogP contribution >= 0.6 is 27.3 Å². The highest BCUT2D eigenvalue weighted by molar-refractivity contribution is 9.10. The third-order valence-corrected chi connectivity index (χ3v) is 5.46. The lowest BCUT2D eigenvalue weighted by atomic mass is 9.99. The van der Waals surface area contributed by atoms with Crippen molar-refractivity contribution in [3.63, 3.8) is 0 Å². The van der Waals surface area contributed by atoms with Gasteiger partial charge in [-0.3, -0.25) is 0 Å². The van der Waals surface area contributed by atoms with E-state index in [1.807, 2.05) is 11.3 Å². The van der Waals surface area contributed by atoms with Crippen LogP contribution in [0.1, 0.15) is 0 Å². The Hall–Kier alpha value is -1.90. The average Bonchev–Trinajstić information content (AvgIpc) is 2.95. The Morgan fingerprint density at radius 2 is 1.32 bits per heavy atom. The fraction of sp³-hybridized carbons (Fsp3) is 0. The van der Waals surface area contributed by atoms with Crippen molar-refractivity contribution in [3.05, 3.63) is 83.3 Å². The molecule has 0 radical (unpaired) electrons. The molecule has 0 atom stereocenters. The predicted molar refractivity (Wildman–Crippen MR) is 100 cm³/mol. The maximum atomic E-state index is 3.61. The van der Waals surface area contributed by atoms with Gasteiger partial charge in [0.2, 0.25) is 0 Å². The maximum Gasteiger partial charge on any atom is 0.0433 e. The molecule has 2 heteroatoms. The maximum absolute atomic E-state index is 3.61. The van der Waals surface area contributed by atoms with Gasteiger partial charge in [-0.1, -0.05) is 76.6 Å². The Morgan fingerprint density at radius 3 is 2.00 bits per heavy atom. The van der Waals surface area contributed by atoms with E-state index < -0.39 is 0 Å². The summed E-state index contributed by atoms with van der Waals surface area (Å²) in [6.07, 6.45) is 0. The number of halogens is 1. The van der Waals surface area contributed by atoms with Crippen molar-refractivity contribution in [2.45, 2.75) is 0 Å². The summed E-state index contributed by atoms with van der Waals surface area (Å²) >= 11 is 5.47. The Balaban J connectivity index is 2.08. The molecule has 0 fully saturated rings. The number of fused-ring (bicyclic) bond motifs is 1. The number of thiophene rings is 1. The predicted octanol–water partition coefficient (Wildman–Crippen LogP) is 7.00. The van der Waals surface area contributed by atoms with E-state index in [-0.39, 0.29) is 0 Å². The zero-order valence-electron chi connectivity index (χ0n) is 11.8. The van der Waals surface area contributed by atoms with Crippen LogP contribution in [0.15, 0.2) is 83.3 Å². The van der Waals surface area contributed by atoms with Crippen LogP contribution in [0.5, 0.6) is 0 Å². The number of hydrogen-bond acceptors (Lipinski definition) is 1. The molecule has 4 rings (SSSR count). The molecule has 0 bridgehead atoms. The van der Waals surface area contributed by atoms with Gasteiger partial charge < -0.3 is 0 Å². The third-order valence-electron chi connectivity index (χ3n) is 3.75. The molecule has 106 valence electrons. The summed E-state index contributed by atoms with van der Waals surface area (Å²) in [4.78, 5) is 1.33. The molecular formula is C20H13BrS. The third kappa shape index (κ3) is 2.39. The number of rotatable bonds is 2. The molecule has 0 aliphatic carbocycles. The first-order valence-corrected chi connectivity index (χ1v) is 8.77. The molecule has 0 saturated carbocycles. The van der Waals surface area contributed by atoms with Gasteiger partial charge in [0, 0.05) is 25.0 Å². The van der Waals surface area contributed by atoms with E-state index in [1.165, 1.54) is 31.7 Å². The average molecular weight is 365 g/mol. The molecule has 4 aromatic rings. The van der Waals surface area contributed by atoms with Gasteiger partial charge in [-0.2, -0.15) is 0 Å². The molecule has 0 spiro atoms. The second-order valence-electron chi connectivity index (χ2n) is 5.18. The molecule has 0 nitrogen and oxygen atoms in total. The highest BCUT2D eigenvalue weighted by atomic mass is 79.9. The van der Waals surface area contributed by atoms with Gasteiger partial charge in [-0.25, -0.2) is 0 Å². The van der Waals surface area contributed by atoms with E-state index >= 15 is 0 Å². The molecular weight excluding hydrogens is 352 g/mol.